The van der Waals surface area contributed by atoms with E-state index in [-0.39, 0.29) is 6.03 Å². The van der Waals surface area contributed by atoms with Crippen LogP contribution in [0.1, 0.15) is 12.6 Å². The first kappa shape index (κ1) is 14.6. The summed E-state index contributed by atoms with van der Waals surface area (Å²) >= 11 is 0. The van der Waals surface area contributed by atoms with Gasteiger partial charge in [0.05, 0.1) is 11.4 Å². The monoisotopic (exact) mass is 277 g/mol. The number of carbonyl (C=O) groups excluding carboxylic acids is 1. The molecule has 6 heteroatoms. The molecule has 1 aliphatic heterocycles. The molecule has 1 saturated heterocycles. The molecule has 0 spiro atoms. The molecule has 1 aromatic rings. The third-order valence-electron chi connectivity index (χ3n) is 3.43. The van der Waals surface area contributed by atoms with Crippen molar-refractivity contribution in [2.24, 2.45) is 0 Å². The molecule has 20 heavy (non-hydrogen) atoms. The number of aromatic nitrogens is 1. The minimum absolute atomic E-state index is 0.0548. The van der Waals surface area contributed by atoms with Crippen LogP contribution in [0.5, 0.6) is 0 Å². The fraction of sp³-hybridized carbons (Fsp3) is 0.571. The maximum absolute atomic E-state index is 12.2. The molecule has 1 fully saturated rings. The normalized spacial score (nSPS) is 18.8. The van der Waals surface area contributed by atoms with Crippen molar-refractivity contribution in [3.05, 3.63) is 17.8 Å². The van der Waals surface area contributed by atoms with Gasteiger partial charge in [-0.05, 0) is 26.0 Å². The highest BCUT2D eigenvalue weighted by molar-refractivity contribution is 5.90. The number of amides is 2. The number of rotatable bonds is 2. The molecule has 0 bridgehead atoms. The lowest BCUT2D eigenvalue weighted by Gasteiger charge is -2.32. The van der Waals surface area contributed by atoms with Crippen LogP contribution in [0.4, 0.5) is 16.3 Å². The summed E-state index contributed by atoms with van der Waals surface area (Å²) in [6.45, 7) is 6.29. The predicted octanol–water partition coefficient (Wildman–Crippen LogP) is 1.28. The lowest BCUT2D eigenvalue weighted by Crippen LogP contribution is -2.52. The second-order valence-corrected chi connectivity index (χ2v) is 5.43. The fourth-order valence-corrected chi connectivity index (χ4v) is 2.24. The third kappa shape index (κ3) is 3.39. The molecule has 1 unspecified atom stereocenters. The van der Waals surface area contributed by atoms with E-state index in [1.165, 1.54) is 0 Å². The number of hydrogen-bond acceptors (Lipinski definition) is 4. The molecule has 2 rings (SSSR count). The van der Waals surface area contributed by atoms with Gasteiger partial charge in [-0.25, -0.2) is 9.78 Å². The topological polar surface area (TPSA) is 60.5 Å². The van der Waals surface area contributed by atoms with Crippen LogP contribution < -0.4 is 15.5 Å². The highest BCUT2D eigenvalue weighted by atomic mass is 16.2. The number of pyridine rings is 1. The van der Waals surface area contributed by atoms with Crippen LogP contribution in [-0.2, 0) is 0 Å². The molecule has 2 amide bonds. The van der Waals surface area contributed by atoms with Gasteiger partial charge in [0.2, 0.25) is 0 Å². The van der Waals surface area contributed by atoms with E-state index in [1.807, 2.05) is 43.0 Å². The van der Waals surface area contributed by atoms with E-state index in [0.717, 1.165) is 36.8 Å². The number of nitrogens with zero attached hydrogens (tertiary/aromatic N) is 3. The molecular weight excluding hydrogens is 254 g/mol. The van der Waals surface area contributed by atoms with E-state index in [1.54, 1.807) is 0 Å². The van der Waals surface area contributed by atoms with Crippen molar-refractivity contribution in [3.63, 3.8) is 0 Å². The first-order valence-corrected chi connectivity index (χ1v) is 6.91. The molecule has 0 saturated carbocycles. The van der Waals surface area contributed by atoms with E-state index in [4.69, 9.17) is 0 Å². The van der Waals surface area contributed by atoms with Crippen LogP contribution in [0, 0.1) is 6.92 Å². The van der Waals surface area contributed by atoms with Gasteiger partial charge >= 0.3 is 6.03 Å². The number of urea groups is 1. The lowest BCUT2D eigenvalue weighted by atomic mass is 10.2. The second kappa shape index (κ2) is 6.09. The SMILES string of the molecule is Cc1nc(N(C)C)ccc1NC(=O)N1CCNC(C)C1. The first-order valence-electron chi connectivity index (χ1n) is 6.91. The molecule has 0 radical (unpaired) electrons. The van der Waals surface area contributed by atoms with Crippen LogP contribution in [0.15, 0.2) is 12.1 Å². The standard InChI is InChI=1S/C14H23N5O/c1-10-9-19(8-7-15-10)14(20)17-12-5-6-13(18(3)4)16-11(12)2/h5-6,10,15H,7-9H2,1-4H3,(H,17,20). The van der Waals surface area contributed by atoms with Crippen molar-refractivity contribution < 1.29 is 4.79 Å². The summed E-state index contributed by atoms with van der Waals surface area (Å²) in [5.74, 6) is 0.885. The Morgan fingerprint density at radius 3 is 2.85 bits per heavy atom. The van der Waals surface area contributed by atoms with Gasteiger partial charge in [-0.2, -0.15) is 0 Å². The number of nitrogens with one attached hydrogen (secondary N) is 2. The smallest absolute Gasteiger partial charge is 0.321 e. The summed E-state index contributed by atoms with van der Waals surface area (Å²) in [4.78, 5) is 20.5. The van der Waals surface area contributed by atoms with E-state index in [0.29, 0.717) is 6.04 Å². The molecule has 1 aliphatic rings. The Morgan fingerprint density at radius 1 is 1.50 bits per heavy atom. The van der Waals surface area contributed by atoms with Crippen LogP contribution in [0.25, 0.3) is 0 Å². The van der Waals surface area contributed by atoms with Gasteiger partial charge in [0.25, 0.3) is 0 Å². The zero-order valence-corrected chi connectivity index (χ0v) is 12.6. The maximum Gasteiger partial charge on any atom is 0.321 e. The van der Waals surface area contributed by atoms with E-state index < -0.39 is 0 Å². The summed E-state index contributed by atoms with van der Waals surface area (Å²) in [5, 5.41) is 6.27. The van der Waals surface area contributed by atoms with Crippen molar-refractivity contribution in [1.82, 2.24) is 15.2 Å². The Balaban J connectivity index is 2.04. The van der Waals surface area contributed by atoms with Gasteiger partial charge in [-0.15, -0.1) is 0 Å². The van der Waals surface area contributed by atoms with Gasteiger partial charge in [-0.1, -0.05) is 0 Å². The van der Waals surface area contributed by atoms with E-state index in [9.17, 15) is 4.79 Å². The fourth-order valence-electron chi connectivity index (χ4n) is 2.24. The number of hydrogen-bond donors (Lipinski definition) is 2. The quantitative estimate of drug-likeness (QED) is 0.855. The molecule has 1 atom stereocenters. The molecule has 0 aliphatic carbocycles. The van der Waals surface area contributed by atoms with Crippen molar-refractivity contribution in [2.75, 3.05) is 43.9 Å². The zero-order valence-electron chi connectivity index (χ0n) is 12.6. The number of piperazine rings is 1. The average molecular weight is 277 g/mol. The Morgan fingerprint density at radius 2 is 2.25 bits per heavy atom. The molecule has 0 aromatic carbocycles. The van der Waals surface area contributed by atoms with Gasteiger partial charge in [0.15, 0.2) is 0 Å². The summed E-state index contributed by atoms with van der Waals surface area (Å²) < 4.78 is 0. The molecule has 2 N–H and O–H groups in total. The highest BCUT2D eigenvalue weighted by Crippen LogP contribution is 2.17. The summed E-state index contributed by atoms with van der Waals surface area (Å²) in [6.07, 6.45) is 0. The Bertz CT molecular complexity index is 488. The Kier molecular flexibility index (Phi) is 4.44. The molecule has 110 valence electrons. The Hall–Kier alpha value is -1.82. The molecule has 2 heterocycles. The van der Waals surface area contributed by atoms with Gasteiger partial charge < -0.3 is 20.4 Å². The van der Waals surface area contributed by atoms with Crippen molar-refractivity contribution in [2.45, 2.75) is 19.9 Å². The maximum atomic E-state index is 12.2. The van der Waals surface area contributed by atoms with Crippen molar-refractivity contribution in [1.29, 1.82) is 0 Å². The molecule has 1 aromatic heterocycles. The number of aryl methyl sites for hydroxylation is 1. The minimum atomic E-state index is -0.0548. The number of anilines is 2. The summed E-state index contributed by atoms with van der Waals surface area (Å²) in [6, 6.07) is 4.09. The number of carbonyl (C=O) groups is 1. The van der Waals surface area contributed by atoms with Crippen LogP contribution >= 0.6 is 0 Å². The Labute approximate surface area is 120 Å². The second-order valence-electron chi connectivity index (χ2n) is 5.43. The largest absolute Gasteiger partial charge is 0.363 e. The van der Waals surface area contributed by atoms with Crippen molar-refractivity contribution in [3.8, 4) is 0 Å². The van der Waals surface area contributed by atoms with Gasteiger partial charge in [0, 0.05) is 39.8 Å². The van der Waals surface area contributed by atoms with E-state index >= 15 is 0 Å². The molecular formula is C14H23N5O. The van der Waals surface area contributed by atoms with Gasteiger partial charge in [-0.3, -0.25) is 0 Å². The highest BCUT2D eigenvalue weighted by Gasteiger charge is 2.20. The summed E-state index contributed by atoms with van der Waals surface area (Å²) in [7, 11) is 3.89. The summed E-state index contributed by atoms with van der Waals surface area (Å²) in [5.41, 5.74) is 1.60. The van der Waals surface area contributed by atoms with Crippen molar-refractivity contribution >= 4 is 17.5 Å². The minimum Gasteiger partial charge on any atom is -0.363 e. The van der Waals surface area contributed by atoms with E-state index in [2.05, 4.69) is 22.5 Å². The lowest BCUT2D eigenvalue weighted by molar-refractivity contribution is 0.192. The van der Waals surface area contributed by atoms with Gasteiger partial charge in [0.1, 0.15) is 5.82 Å². The average Bonchev–Trinajstić information content (AvgIpc) is 2.40. The van der Waals surface area contributed by atoms with Crippen LogP contribution in [0.2, 0.25) is 0 Å². The predicted molar refractivity (Wildman–Crippen MR) is 81.4 cm³/mol. The zero-order chi connectivity index (χ0) is 14.7. The van der Waals surface area contributed by atoms with Crippen LogP contribution in [-0.4, -0.2) is 55.7 Å². The third-order valence-corrected chi connectivity index (χ3v) is 3.43. The molecule has 6 nitrogen and oxygen atoms in total. The first-order chi connectivity index (χ1) is 9.47. The van der Waals surface area contributed by atoms with Crippen LogP contribution in [0.3, 0.4) is 0 Å².